The molecule has 12 heavy (non-hydrogen) atoms. The minimum Gasteiger partial charge on any atom is -0.366 e. The van der Waals surface area contributed by atoms with Crippen molar-refractivity contribution in [3.63, 3.8) is 0 Å². The first-order chi connectivity index (χ1) is 5.54. The van der Waals surface area contributed by atoms with Crippen LogP contribution in [0.5, 0.6) is 0 Å². The minimum absolute atomic E-state index is 0.0370. The summed E-state index contributed by atoms with van der Waals surface area (Å²) in [5.74, 6) is -3.32. The molecule has 0 unspecified atom stereocenters. The lowest BCUT2D eigenvalue weighted by Gasteiger charge is -2.00. The first-order valence-corrected chi connectivity index (χ1v) is 3.76. The van der Waals surface area contributed by atoms with E-state index < -0.39 is 23.1 Å². The molecule has 1 rings (SSSR count). The summed E-state index contributed by atoms with van der Waals surface area (Å²) >= 11 is 2.76. The number of benzene rings is 1. The molecule has 1 amide bonds. The Morgan fingerprint density at radius 3 is 2.42 bits per heavy atom. The Bertz CT molecular complexity index is 340. The Balaban J connectivity index is 3.36. The molecule has 0 saturated heterocycles. The Kier molecular flexibility index (Phi) is 2.42. The van der Waals surface area contributed by atoms with Crippen LogP contribution in [0.1, 0.15) is 10.4 Å². The van der Waals surface area contributed by atoms with Gasteiger partial charge in [0.15, 0.2) is 11.6 Å². The number of halogens is 3. The maximum absolute atomic E-state index is 12.8. The fraction of sp³-hybridized carbons (Fsp3) is 0. The Morgan fingerprint density at radius 2 is 1.92 bits per heavy atom. The van der Waals surface area contributed by atoms with Gasteiger partial charge in [0.05, 0.1) is 10.0 Å². The van der Waals surface area contributed by atoms with Crippen LogP contribution in [0.25, 0.3) is 0 Å². The summed E-state index contributed by atoms with van der Waals surface area (Å²) in [5, 5.41) is 0. The highest BCUT2D eigenvalue weighted by Crippen LogP contribution is 2.20. The van der Waals surface area contributed by atoms with Crippen LogP contribution >= 0.6 is 15.9 Å². The third kappa shape index (κ3) is 1.45. The number of hydrogen-bond acceptors (Lipinski definition) is 1. The van der Waals surface area contributed by atoms with Crippen molar-refractivity contribution < 1.29 is 13.6 Å². The molecule has 0 heterocycles. The molecule has 2 nitrogen and oxygen atoms in total. The molecular weight excluding hydrogens is 232 g/mol. The van der Waals surface area contributed by atoms with Crippen LogP contribution in [0.15, 0.2) is 16.6 Å². The molecule has 0 bridgehead atoms. The average molecular weight is 236 g/mol. The SMILES string of the molecule is NC(=O)c1ccc(Br)c(F)c1F. The van der Waals surface area contributed by atoms with Gasteiger partial charge < -0.3 is 5.73 Å². The number of nitrogens with two attached hydrogens (primary N) is 1. The Morgan fingerprint density at radius 1 is 1.33 bits per heavy atom. The predicted octanol–water partition coefficient (Wildman–Crippen LogP) is 1.83. The van der Waals surface area contributed by atoms with E-state index in [9.17, 15) is 13.6 Å². The van der Waals surface area contributed by atoms with Gasteiger partial charge in [-0.3, -0.25) is 4.79 Å². The van der Waals surface area contributed by atoms with Gasteiger partial charge in [-0.25, -0.2) is 8.78 Å². The molecular formula is C7H4BrF2NO. The molecule has 0 atom stereocenters. The fourth-order valence-electron chi connectivity index (χ4n) is 0.716. The maximum atomic E-state index is 12.8. The predicted molar refractivity (Wildman–Crippen MR) is 42.6 cm³/mol. The van der Waals surface area contributed by atoms with Crippen LogP contribution in [0.3, 0.4) is 0 Å². The molecule has 0 aliphatic carbocycles. The van der Waals surface area contributed by atoms with E-state index in [2.05, 4.69) is 15.9 Å². The van der Waals surface area contributed by atoms with E-state index in [0.717, 1.165) is 6.07 Å². The van der Waals surface area contributed by atoms with Crippen molar-refractivity contribution in [1.82, 2.24) is 0 Å². The number of amides is 1. The molecule has 64 valence electrons. The van der Waals surface area contributed by atoms with Crippen molar-refractivity contribution in [1.29, 1.82) is 0 Å². The van der Waals surface area contributed by atoms with Gasteiger partial charge in [0.2, 0.25) is 0 Å². The zero-order valence-corrected chi connectivity index (χ0v) is 7.36. The van der Waals surface area contributed by atoms with Crippen molar-refractivity contribution in [2.45, 2.75) is 0 Å². The zero-order chi connectivity index (χ0) is 9.30. The van der Waals surface area contributed by atoms with Crippen molar-refractivity contribution in [2.24, 2.45) is 5.73 Å². The second-order valence-corrected chi connectivity index (χ2v) is 2.94. The van der Waals surface area contributed by atoms with E-state index in [1.165, 1.54) is 6.07 Å². The van der Waals surface area contributed by atoms with Crippen LogP contribution in [0, 0.1) is 11.6 Å². The van der Waals surface area contributed by atoms with Crippen LogP contribution in [0.4, 0.5) is 8.78 Å². The standard InChI is InChI=1S/C7H4BrF2NO/c8-4-2-1-3(7(11)12)5(9)6(4)10/h1-2H,(H2,11,12). The van der Waals surface area contributed by atoms with Gasteiger partial charge in [-0.1, -0.05) is 0 Å². The summed E-state index contributed by atoms with van der Waals surface area (Å²) in [6, 6.07) is 2.34. The van der Waals surface area contributed by atoms with E-state index in [1.54, 1.807) is 0 Å². The van der Waals surface area contributed by atoms with E-state index in [-0.39, 0.29) is 4.47 Å². The first kappa shape index (κ1) is 9.12. The second kappa shape index (κ2) is 3.18. The van der Waals surface area contributed by atoms with Crippen molar-refractivity contribution >= 4 is 21.8 Å². The highest BCUT2D eigenvalue weighted by atomic mass is 79.9. The van der Waals surface area contributed by atoms with E-state index in [1.807, 2.05) is 0 Å². The number of rotatable bonds is 1. The quantitative estimate of drug-likeness (QED) is 0.742. The maximum Gasteiger partial charge on any atom is 0.251 e. The van der Waals surface area contributed by atoms with Crippen LogP contribution in [0.2, 0.25) is 0 Å². The Labute approximate surface area is 75.5 Å². The smallest absolute Gasteiger partial charge is 0.251 e. The van der Waals surface area contributed by atoms with E-state index >= 15 is 0 Å². The lowest BCUT2D eigenvalue weighted by atomic mass is 10.2. The average Bonchev–Trinajstić information content (AvgIpc) is 2.00. The molecule has 0 spiro atoms. The molecule has 5 heteroatoms. The molecule has 0 aliphatic heterocycles. The monoisotopic (exact) mass is 235 g/mol. The van der Waals surface area contributed by atoms with Gasteiger partial charge in [0.25, 0.3) is 5.91 Å². The van der Waals surface area contributed by atoms with Crippen molar-refractivity contribution in [2.75, 3.05) is 0 Å². The van der Waals surface area contributed by atoms with Crippen LogP contribution < -0.4 is 5.73 Å². The molecule has 1 aromatic rings. The molecule has 2 N–H and O–H groups in total. The van der Waals surface area contributed by atoms with E-state index in [0.29, 0.717) is 0 Å². The summed E-state index contributed by atoms with van der Waals surface area (Å²) in [6.45, 7) is 0. The molecule has 0 aromatic heterocycles. The third-order valence-corrected chi connectivity index (χ3v) is 1.91. The first-order valence-electron chi connectivity index (χ1n) is 2.97. The lowest BCUT2D eigenvalue weighted by Crippen LogP contribution is -2.14. The summed E-state index contributed by atoms with van der Waals surface area (Å²) in [6.07, 6.45) is 0. The highest BCUT2D eigenvalue weighted by molar-refractivity contribution is 9.10. The summed E-state index contributed by atoms with van der Waals surface area (Å²) in [5.41, 5.74) is 4.32. The molecule has 0 fully saturated rings. The van der Waals surface area contributed by atoms with Gasteiger partial charge >= 0.3 is 0 Å². The largest absolute Gasteiger partial charge is 0.366 e. The zero-order valence-electron chi connectivity index (χ0n) is 5.77. The van der Waals surface area contributed by atoms with Gasteiger partial charge in [0, 0.05) is 0 Å². The highest BCUT2D eigenvalue weighted by Gasteiger charge is 2.14. The van der Waals surface area contributed by atoms with Gasteiger partial charge in [-0.15, -0.1) is 0 Å². The third-order valence-electron chi connectivity index (χ3n) is 1.30. The number of hydrogen-bond donors (Lipinski definition) is 1. The molecule has 0 radical (unpaired) electrons. The number of carbonyl (C=O) groups excluding carboxylic acids is 1. The Hall–Kier alpha value is -0.970. The van der Waals surface area contributed by atoms with Crippen LogP contribution in [-0.4, -0.2) is 5.91 Å². The second-order valence-electron chi connectivity index (χ2n) is 2.09. The summed E-state index contributed by atoms with van der Waals surface area (Å²) in [7, 11) is 0. The van der Waals surface area contributed by atoms with Crippen LogP contribution in [-0.2, 0) is 0 Å². The topological polar surface area (TPSA) is 43.1 Å². The summed E-state index contributed by atoms with van der Waals surface area (Å²) in [4.78, 5) is 10.5. The number of primary amides is 1. The normalized spacial score (nSPS) is 9.92. The number of carbonyl (C=O) groups is 1. The van der Waals surface area contributed by atoms with Gasteiger partial charge in [-0.05, 0) is 28.1 Å². The summed E-state index contributed by atoms with van der Waals surface area (Å²) < 4.78 is 25.5. The lowest BCUT2D eigenvalue weighted by molar-refractivity contribution is 0.0995. The van der Waals surface area contributed by atoms with Crippen molar-refractivity contribution in [3.8, 4) is 0 Å². The molecule has 1 aromatic carbocycles. The fourth-order valence-corrected chi connectivity index (χ4v) is 1.02. The minimum atomic E-state index is -1.23. The van der Waals surface area contributed by atoms with Gasteiger partial charge in [-0.2, -0.15) is 0 Å². The van der Waals surface area contributed by atoms with Gasteiger partial charge in [0.1, 0.15) is 0 Å². The molecule has 0 saturated carbocycles. The van der Waals surface area contributed by atoms with E-state index in [4.69, 9.17) is 5.73 Å². The molecule has 0 aliphatic rings. The van der Waals surface area contributed by atoms with Crippen molar-refractivity contribution in [3.05, 3.63) is 33.8 Å².